The number of aromatic nitrogens is 3. The fraction of sp³-hybridized carbons (Fsp3) is 0.350. The molecule has 0 saturated heterocycles. The van der Waals surface area contributed by atoms with Gasteiger partial charge < -0.3 is 10.3 Å². The molecular weight excluding hydrogens is 374 g/mol. The van der Waals surface area contributed by atoms with Gasteiger partial charge >= 0.3 is 0 Å². The second-order valence-corrected chi connectivity index (χ2v) is 8.15. The van der Waals surface area contributed by atoms with Crippen molar-refractivity contribution in [1.82, 2.24) is 24.6 Å². The number of carbonyl (C=O) groups excluding carboxylic acids is 1. The molecule has 0 spiro atoms. The summed E-state index contributed by atoms with van der Waals surface area (Å²) in [5.74, 6) is -0.408. The van der Waals surface area contributed by atoms with Crippen LogP contribution in [0.5, 0.6) is 0 Å². The number of aromatic amines is 1. The standard InChI is InChI=1S/C20H25N5O2S/c1-5-24(9-13(2)3)11-15-6-7-17(19(27)22-15)18(26)21-8-16-12-25-10-14(4)28-20(25)23-16/h6-7,10,12H,2,5,8-9,11H2,1,3-4H3,(H,21,26)(H,22,27). The van der Waals surface area contributed by atoms with Crippen LogP contribution in [0.4, 0.5) is 0 Å². The monoisotopic (exact) mass is 399 g/mol. The van der Waals surface area contributed by atoms with E-state index in [4.69, 9.17) is 0 Å². The molecule has 0 aliphatic carbocycles. The molecule has 0 bridgehead atoms. The molecule has 8 heteroatoms. The minimum absolute atomic E-state index is 0.101. The van der Waals surface area contributed by atoms with E-state index in [1.807, 2.05) is 30.6 Å². The van der Waals surface area contributed by atoms with Gasteiger partial charge in [0.1, 0.15) is 5.56 Å². The number of imidazole rings is 1. The molecule has 2 N–H and O–H groups in total. The first-order valence-corrected chi connectivity index (χ1v) is 9.98. The van der Waals surface area contributed by atoms with Crippen molar-refractivity contribution in [3.63, 3.8) is 0 Å². The zero-order chi connectivity index (χ0) is 20.3. The average molecular weight is 400 g/mol. The number of carbonyl (C=O) groups is 1. The van der Waals surface area contributed by atoms with Gasteiger partial charge in [-0.25, -0.2) is 4.98 Å². The molecule has 0 fully saturated rings. The zero-order valence-electron chi connectivity index (χ0n) is 16.4. The Morgan fingerprint density at radius 1 is 1.39 bits per heavy atom. The summed E-state index contributed by atoms with van der Waals surface area (Å²) in [5, 5.41) is 2.77. The van der Waals surface area contributed by atoms with E-state index in [0.29, 0.717) is 6.54 Å². The number of likely N-dealkylation sites (N-methyl/N-ethyl adjacent to an activating group) is 1. The second-order valence-electron chi connectivity index (χ2n) is 6.93. The van der Waals surface area contributed by atoms with Crippen molar-refractivity contribution in [3.05, 3.63) is 68.9 Å². The maximum Gasteiger partial charge on any atom is 0.261 e. The molecule has 148 valence electrons. The molecule has 0 aliphatic rings. The Balaban J connectivity index is 1.63. The van der Waals surface area contributed by atoms with Crippen LogP contribution in [0.1, 0.15) is 40.5 Å². The van der Waals surface area contributed by atoms with Crippen molar-refractivity contribution >= 4 is 22.2 Å². The van der Waals surface area contributed by atoms with Gasteiger partial charge in [0.2, 0.25) is 0 Å². The Labute approximate surface area is 167 Å². The Morgan fingerprint density at radius 3 is 2.82 bits per heavy atom. The van der Waals surface area contributed by atoms with Crippen LogP contribution < -0.4 is 10.9 Å². The molecule has 1 amide bonds. The van der Waals surface area contributed by atoms with Crippen molar-refractivity contribution in [1.29, 1.82) is 0 Å². The van der Waals surface area contributed by atoms with E-state index in [9.17, 15) is 9.59 Å². The minimum atomic E-state index is -0.408. The van der Waals surface area contributed by atoms with E-state index < -0.39 is 5.91 Å². The van der Waals surface area contributed by atoms with Crippen molar-refractivity contribution in [2.45, 2.75) is 33.9 Å². The summed E-state index contributed by atoms with van der Waals surface area (Å²) in [4.78, 5) is 36.3. The number of fused-ring (bicyclic) bond motifs is 1. The molecule has 0 atom stereocenters. The number of H-pyrrole nitrogens is 1. The van der Waals surface area contributed by atoms with Gasteiger partial charge in [-0.15, -0.1) is 11.3 Å². The number of hydrogen-bond acceptors (Lipinski definition) is 5. The van der Waals surface area contributed by atoms with Crippen LogP contribution in [0.15, 0.2) is 41.5 Å². The summed E-state index contributed by atoms with van der Waals surface area (Å²) in [6.07, 6.45) is 3.88. The van der Waals surface area contributed by atoms with E-state index in [2.05, 4.69) is 33.7 Å². The third-order valence-electron chi connectivity index (χ3n) is 4.30. The van der Waals surface area contributed by atoms with Crippen LogP contribution in [0.25, 0.3) is 4.96 Å². The molecule has 3 aromatic heterocycles. The smallest absolute Gasteiger partial charge is 0.261 e. The van der Waals surface area contributed by atoms with Gasteiger partial charge in [-0.2, -0.15) is 0 Å². The number of amides is 1. The lowest BCUT2D eigenvalue weighted by Crippen LogP contribution is -2.31. The molecule has 0 aliphatic heterocycles. The van der Waals surface area contributed by atoms with E-state index in [1.165, 1.54) is 4.88 Å². The van der Waals surface area contributed by atoms with Crippen molar-refractivity contribution in [2.24, 2.45) is 0 Å². The van der Waals surface area contributed by atoms with Gasteiger partial charge in [0.15, 0.2) is 4.96 Å². The summed E-state index contributed by atoms with van der Waals surface area (Å²) < 4.78 is 1.94. The first-order chi connectivity index (χ1) is 13.4. The highest BCUT2D eigenvalue weighted by molar-refractivity contribution is 7.16. The lowest BCUT2D eigenvalue weighted by molar-refractivity contribution is 0.0949. The van der Waals surface area contributed by atoms with Crippen LogP contribution >= 0.6 is 11.3 Å². The van der Waals surface area contributed by atoms with Crippen LogP contribution in [0.3, 0.4) is 0 Å². The van der Waals surface area contributed by atoms with Gasteiger partial charge in [0.25, 0.3) is 11.5 Å². The fourth-order valence-corrected chi connectivity index (χ4v) is 3.83. The topological polar surface area (TPSA) is 82.5 Å². The van der Waals surface area contributed by atoms with E-state index in [-0.39, 0.29) is 17.7 Å². The third kappa shape index (κ3) is 4.76. The molecule has 0 radical (unpaired) electrons. The van der Waals surface area contributed by atoms with Gasteiger partial charge in [-0.3, -0.25) is 18.9 Å². The minimum Gasteiger partial charge on any atom is -0.346 e. The lowest BCUT2D eigenvalue weighted by atomic mass is 10.2. The van der Waals surface area contributed by atoms with E-state index in [1.54, 1.807) is 23.5 Å². The molecule has 3 rings (SSSR count). The third-order valence-corrected chi connectivity index (χ3v) is 5.21. The van der Waals surface area contributed by atoms with Crippen LogP contribution in [0, 0.1) is 6.92 Å². The maximum absolute atomic E-state index is 12.4. The van der Waals surface area contributed by atoms with Crippen LogP contribution in [0.2, 0.25) is 0 Å². The van der Waals surface area contributed by atoms with Gasteiger partial charge in [0.05, 0.1) is 12.2 Å². The fourth-order valence-electron chi connectivity index (χ4n) is 3.00. The normalized spacial score (nSPS) is 11.3. The van der Waals surface area contributed by atoms with Gasteiger partial charge in [0, 0.05) is 36.1 Å². The molecule has 3 heterocycles. The van der Waals surface area contributed by atoms with E-state index in [0.717, 1.165) is 35.0 Å². The quantitative estimate of drug-likeness (QED) is 0.571. The summed E-state index contributed by atoms with van der Waals surface area (Å²) in [5.41, 5.74) is 2.31. The predicted octanol–water partition coefficient (Wildman–Crippen LogP) is 2.72. The van der Waals surface area contributed by atoms with Crippen molar-refractivity contribution in [2.75, 3.05) is 13.1 Å². The van der Waals surface area contributed by atoms with Gasteiger partial charge in [-0.05, 0) is 32.5 Å². The number of pyridine rings is 1. The van der Waals surface area contributed by atoms with Crippen LogP contribution in [-0.2, 0) is 13.1 Å². The second kappa shape index (κ2) is 8.53. The number of thiazole rings is 1. The lowest BCUT2D eigenvalue weighted by Gasteiger charge is -2.20. The van der Waals surface area contributed by atoms with Crippen molar-refractivity contribution in [3.8, 4) is 0 Å². The number of rotatable bonds is 8. The Bertz CT molecular complexity index is 1030. The molecule has 7 nitrogen and oxygen atoms in total. The molecule has 3 aromatic rings. The van der Waals surface area contributed by atoms with Crippen molar-refractivity contribution < 1.29 is 4.79 Å². The maximum atomic E-state index is 12.4. The molecule has 0 saturated carbocycles. The molecular formula is C20H25N5O2S. The van der Waals surface area contributed by atoms with E-state index >= 15 is 0 Å². The summed E-state index contributed by atoms with van der Waals surface area (Å²) in [6.45, 7) is 12.5. The zero-order valence-corrected chi connectivity index (χ0v) is 17.2. The highest BCUT2D eigenvalue weighted by Crippen LogP contribution is 2.16. The Kier molecular flexibility index (Phi) is 6.11. The molecule has 0 aromatic carbocycles. The number of aryl methyl sites for hydroxylation is 1. The predicted molar refractivity (Wildman–Crippen MR) is 112 cm³/mol. The average Bonchev–Trinajstić information content (AvgIpc) is 3.15. The largest absolute Gasteiger partial charge is 0.346 e. The summed E-state index contributed by atoms with van der Waals surface area (Å²) in [7, 11) is 0. The number of hydrogen-bond donors (Lipinski definition) is 2. The van der Waals surface area contributed by atoms with Gasteiger partial charge in [-0.1, -0.05) is 19.1 Å². The first-order valence-electron chi connectivity index (χ1n) is 9.17. The highest BCUT2D eigenvalue weighted by Gasteiger charge is 2.13. The highest BCUT2D eigenvalue weighted by atomic mass is 32.1. The van der Waals surface area contributed by atoms with Crippen LogP contribution in [-0.4, -0.2) is 38.3 Å². The molecule has 0 unspecified atom stereocenters. The number of nitrogens with zero attached hydrogens (tertiary/aromatic N) is 3. The Morgan fingerprint density at radius 2 is 2.18 bits per heavy atom. The summed E-state index contributed by atoms with van der Waals surface area (Å²) >= 11 is 1.59. The Hall–Kier alpha value is -2.71. The number of nitrogens with one attached hydrogen (secondary N) is 2. The first kappa shape index (κ1) is 20.0. The summed E-state index contributed by atoms with van der Waals surface area (Å²) in [6, 6.07) is 3.36. The SMILES string of the molecule is C=C(C)CN(CC)Cc1ccc(C(=O)NCc2cn3cc(C)sc3n2)c(=O)[nH]1. The molecule has 28 heavy (non-hydrogen) atoms.